The van der Waals surface area contributed by atoms with Crippen LogP contribution in [0.1, 0.15) is 11.1 Å². The van der Waals surface area contributed by atoms with Crippen molar-refractivity contribution in [3.63, 3.8) is 0 Å². The van der Waals surface area contributed by atoms with Gasteiger partial charge in [0.05, 0.1) is 16.9 Å². The molecular weight excluding hydrogens is 479 g/mol. The molecule has 3 aromatic carbocycles. The van der Waals surface area contributed by atoms with Crippen LogP contribution in [-0.4, -0.2) is 30.5 Å². The van der Waals surface area contributed by atoms with Crippen LogP contribution in [0.3, 0.4) is 0 Å². The van der Waals surface area contributed by atoms with Crippen molar-refractivity contribution in [2.24, 2.45) is 5.10 Å². The largest absolute Gasteiger partial charge is 0.484 e. The molecule has 0 aliphatic heterocycles. The second-order valence-corrected chi connectivity index (χ2v) is 7.77. The van der Waals surface area contributed by atoms with Gasteiger partial charge in [-0.05, 0) is 54.4 Å². The average molecular weight is 499 g/mol. The predicted molar refractivity (Wildman–Crippen MR) is 133 cm³/mol. The van der Waals surface area contributed by atoms with Crippen molar-refractivity contribution in [2.75, 3.05) is 17.2 Å². The molecule has 34 heavy (non-hydrogen) atoms. The minimum Gasteiger partial charge on any atom is -0.484 e. The van der Waals surface area contributed by atoms with E-state index in [4.69, 9.17) is 27.9 Å². The van der Waals surface area contributed by atoms with Gasteiger partial charge in [-0.2, -0.15) is 5.10 Å². The number of halogens is 2. The number of ether oxygens (including phenoxy) is 1. The maximum absolute atomic E-state index is 12.2. The molecule has 0 aliphatic rings. The van der Waals surface area contributed by atoms with Gasteiger partial charge in [-0.1, -0.05) is 53.5 Å². The number of benzene rings is 3. The van der Waals surface area contributed by atoms with Gasteiger partial charge in [-0.3, -0.25) is 14.4 Å². The number of hydrazone groups is 1. The SMILES string of the molecule is Cc1c(Cl)cccc1NC(=O)COc1cccc(/C=N\NC(=O)C(=O)Nc2ccccc2Cl)c1. The Morgan fingerprint density at radius 3 is 2.38 bits per heavy atom. The molecule has 0 saturated heterocycles. The second-order valence-electron chi connectivity index (χ2n) is 6.95. The van der Waals surface area contributed by atoms with Gasteiger partial charge in [0.1, 0.15) is 5.75 Å². The molecule has 0 unspecified atom stereocenters. The van der Waals surface area contributed by atoms with Gasteiger partial charge in [-0.15, -0.1) is 0 Å². The van der Waals surface area contributed by atoms with Gasteiger partial charge in [0.25, 0.3) is 5.91 Å². The van der Waals surface area contributed by atoms with E-state index in [9.17, 15) is 14.4 Å². The Labute approximate surface area is 205 Å². The molecule has 0 aromatic heterocycles. The molecule has 0 radical (unpaired) electrons. The van der Waals surface area contributed by atoms with Crippen molar-refractivity contribution in [1.82, 2.24) is 5.43 Å². The van der Waals surface area contributed by atoms with Crippen LogP contribution < -0.4 is 20.8 Å². The van der Waals surface area contributed by atoms with Gasteiger partial charge in [0.2, 0.25) is 0 Å². The zero-order chi connectivity index (χ0) is 24.5. The van der Waals surface area contributed by atoms with E-state index in [2.05, 4.69) is 21.2 Å². The number of carbonyl (C=O) groups excluding carboxylic acids is 3. The van der Waals surface area contributed by atoms with E-state index in [1.54, 1.807) is 73.7 Å². The molecule has 10 heteroatoms. The zero-order valence-electron chi connectivity index (χ0n) is 18.0. The average Bonchev–Trinajstić information content (AvgIpc) is 2.82. The minimum atomic E-state index is -0.962. The van der Waals surface area contributed by atoms with E-state index in [1.165, 1.54) is 6.21 Å². The number of nitrogens with one attached hydrogen (secondary N) is 3. The van der Waals surface area contributed by atoms with Crippen molar-refractivity contribution in [1.29, 1.82) is 0 Å². The lowest BCUT2D eigenvalue weighted by atomic mass is 10.2. The number of hydrogen-bond donors (Lipinski definition) is 3. The van der Waals surface area contributed by atoms with Crippen LogP contribution in [0, 0.1) is 6.92 Å². The normalized spacial score (nSPS) is 10.6. The number of nitrogens with zero attached hydrogens (tertiary/aromatic N) is 1. The number of carbonyl (C=O) groups is 3. The Kier molecular flexibility index (Phi) is 8.61. The van der Waals surface area contributed by atoms with Gasteiger partial charge in [0.15, 0.2) is 6.61 Å². The quantitative estimate of drug-likeness (QED) is 0.254. The summed E-state index contributed by atoms with van der Waals surface area (Å²) < 4.78 is 5.52. The van der Waals surface area contributed by atoms with Crippen LogP contribution in [0.4, 0.5) is 11.4 Å². The lowest BCUT2D eigenvalue weighted by Gasteiger charge is -2.10. The summed E-state index contributed by atoms with van der Waals surface area (Å²) in [4.78, 5) is 36.1. The first-order valence-electron chi connectivity index (χ1n) is 10.00. The number of para-hydroxylation sites is 1. The summed E-state index contributed by atoms with van der Waals surface area (Å²) in [6.07, 6.45) is 1.34. The number of hydrogen-bond acceptors (Lipinski definition) is 5. The first-order chi connectivity index (χ1) is 16.3. The standard InChI is InChI=1S/C24H20Cl2N4O4/c1-15-18(25)9-5-11-20(15)28-22(31)14-34-17-7-4-6-16(12-17)13-27-30-24(33)23(32)29-21-10-3-2-8-19(21)26/h2-13H,14H2,1H3,(H,28,31)(H,29,32)(H,30,33)/b27-13-. The Morgan fingerprint density at radius 2 is 1.59 bits per heavy atom. The fraction of sp³-hybridized carbons (Fsp3) is 0.0833. The number of anilines is 2. The highest BCUT2D eigenvalue weighted by atomic mass is 35.5. The predicted octanol–water partition coefficient (Wildman–Crippen LogP) is 4.41. The zero-order valence-corrected chi connectivity index (χ0v) is 19.5. The summed E-state index contributed by atoms with van der Waals surface area (Å²) in [5.74, 6) is -1.80. The molecule has 0 saturated carbocycles. The minimum absolute atomic E-state index is 0.217. The molecule has 0 heterocycles. The summed E-state index contributed by atoms with van der Waals surface area (Å²) in [6, 6.07) is 18.5. The topological polar surface area (TPSA) is 109 Å². The van der Waals surface area contributed by atoms with E-state index in [-0.39, 0.29) is 12.5 Å². The molecule has 3 rings (SSSR count). The second kappa shape index (κ2) is 11.8. The van der Waals surface area contributed by atoms with E-state index in [0.717, 1.165) is 5.56 Å². The highest BCUT2D eigenvalue weighted by Crippen LogP contribution is 2.23. The van der Waals surface area contributed by atoms with Gasteiger partial charge < -0.3 is 15.4 Å². The Hall–Kier alpha value is -3.88. The highest BCUT2D eigenvalue weighted by molar-refractivity contribution is 6.41. The van der Waals surface area contributed by atoms with Crippen LogP contribution in [-0.2, 0) is 14.4 Å². The number of rotatable bonds is 7. The molecule has 0 aliphatic carbocycles. The third-order valence-corrected chi connectivity index (χ3v) is 5.22. The highest BCUT2D eigenvalue weighted by Gasteiger charge is 2.14. The van der Waals surface area contributed by atoms with Gasteiger partial charge in [0, 0.05) is 10.7 Å². The third-order valence-electron chi connectivity index (χ3n) is 4.48. The van der Waals surface area contributed by atoms with Crippen molar-refractivity contribution >= 4 is 58.5 Å². The smallest absolute Gasteiger partial charge is 0.329 e. The van der Waals surface area contributed by atoms with E-state index >= 15 is 0 Å². The van der Waals surface area contributed by atoms with E-state index in [0.29, 0.717) is 32.7 Å². The monoisotopic (exact) mass is 498 g/mol. The fourth-order valence-electron chi connectivity index (χ4n) is 2.72. The first-order valence-corrected chi connectivity index (χ1v) is 10.8. The molecule has 0 bridgehead atoms. The summed E-state index contributed by atoms with van der Waals surface area (Å²) in [6.45, 7) is 1.59. The first kappa shape index (κ1) is 24.8. The van der Waals surface area contributed by atoms with Crippen LogP contribution >= 0.6 is 23.2 Å². The van der Waals surface area contributed by atoms with Crippen molar-refractivity contribution < 1.29 is 19.1 Å². The summed E-state index contributed by atoms with van der Waals surface area (Å²) in [5.41, 5.74) is 4.40. The van der Waals surface area contributed by atoms with Crippen molar-refractivity contribution in [2.45, 2.75) is 6.92 Å². The lowest BCUT2D eigenvalue weighted by Crippen LogP contribution is -2.32. The van der Waals surface area contributed by atoms with Crippen molar-refractivity contribution in [3.05, 3.63) is 87.9 Å². The van der Waals surface area contributed by atoms with Crippen LogP contribution in [0.2, 0.25) is 10.0 Å². The molecule has 0 spiro atoms. The third kappa shape index (κ3) is 7.06. The maximum Gasteiger partial charge on any atom is 0.329 e. The Bertz CT molecular complexity index is 1250. The summed E-state index contributed by atoms with van der Waals surface area (Å²) in [5, 5.41) is 9.77. The fourth-order valence-corrected chi connectivity index (χ4v) is 3.08. The molecular formula is C24H20Cl2N4O4. The van der Waals surface area contributed by atoms with E-state index in [1.807, 2.05) is 0 Å². The van der Waals surface area contributed by atoms with Gasteiger partial charge in [-0.25, -0.2) is 5.43 Å². The molecule has 3 amide bonds. The molecule has 8 nitrogen and oxygen atoms in total. The van der Waals surface area contributed by atoms with Crippen molar-refractivity contribution in [3.8, 4) is 5.75 Å². The Morgan fingerprint density at radius 1 is 0.882 bits per heavy atom. The molecule has 174 valence electrons. The molecule has 3 aromatic rings. The van der Waals surface area contributed by atoms with E-state index < -0.39 is 11.8 Å². The molecule has 3 N–H and O–H groups in total. The van der Waals surface area contributed by atoms with Crippen LogP contribution in [0.25, 0.3) is 0 Å². The van der Waals surface area contributed by atoms with Gasteiger partial charge >= 0.3 is 11.8 Å². The Balaban J connectivity index is 1.50. The summed E-state index contributed by atoms with van der Waals surface area (Å²) in [7, 11) is 0. The maximum atomic E-state index is 12.2. The lowest BCUT2D eigenvalue weighted by molar-refractivity contribution is -0.136. The summed E-state index contributed by atoms with van der Waals surface area (Å²) >= 11 is 12.0. The molecule has 0 atom stereocenters. The molecule has 0 fully saturated rings. The van der Waals surface area contributed by atoms with Crippen LogP contribution in [0.5, 0.6) is 5.75 Å². The van der Waals surface area contributed by atoms with Crippen LogP contribution in [0.15, 0.2) is 71.8 Å². The number of amides is 3.